The van der Waals surface area contributed by atoms with Crippen LogP contribution < -0.4 is 0 Å². The Labute approximate surface area is 131 Å². The summed E-state index contributed by atoms with van der Waals surface area (Å²) in [6, 6.07) is -0.0704. The van der Waals surface area contributed by atoms with Crippen LogP contribution >= 0.6 is 0 Å². The van der Waals surface area contributed by atoms with Gasteiger partial charge >= 0.3 is 0 Å². The van der Waals surface area contributed by atoms with Gasteiger partial charge in [-0.25, -0.2) is 4.98 Å². The average molecular weight is 309 g/mol. The molecule has 22 heavy (non-hydrogen) atoms. The van der Waals surface area contributed by atoms with Gasteiger partial charge in [-0.1, -0.05) is 13.8 Å². The predicted octanol–water partition coefficient (Wildman–Crippen LogP) is 0.727. The number of H-pyrrole nitrogens is 1. The van der Waals surface area contributed by atoms with E-state index in [1.807, 2.05) is 25.7 Å². The van der Waals surface area contributed by atoms with E-state index in [9.17, 15) is 4.79 Å². The fourth-order valence-corrected chi connectivity index (χ4v) is 2.87. The molecule has 1 aromatic heterocycles. The van der Waals surface area contributed by atoms with Crippen molar-refractivity contribution in [3.63, 3.8) is 0 Å². The molecule has 0 aliphatic carbocycles. The second-order valence-corrected chi connectivity index (χ2v) is 6.19. The molecule has 2 rings (SSSR count). The molecule has 1 atom stereocenters. The highest BCUT2D eigenvalue weighted by Gasteiger charge is 2.32. The molecule has 2 N–H and O–H groups in total. The molecule has 7 heteroatoms. The van der Waals surface area contributed by atoms with Gasteiger partial charge in [-0.05, 0) is 19.8 Å². The Morgan fingerprint density at radius 1 is 1.41 bits per heavy atom. The Hall–Kier alpha value is -1.47. The molecule has 0 spiro atoms. The molecule has 0 radical (unpaired) electrons. The van der Waals surface area contributed by atoms with E-state index >= 15 is 0 Å². The topological polar surface area (TPSA) is 85.3 Å². The van der Waals surface area contributed by atoms with Gasteiger partial charge in [0.2, 0.25) is 5.91 Å². The third kappa shape index (κ3) is 4.04. The van der Waals surface area contributed by atoms with Crippen molar-refractivity contribution in [3.05, 3.63) is 11.6 Å². The smallest absolute Gasteiger partial charge is 0.225 e. The molecule has 1 aliphatic rings. The van der Waals surface area contributed by atoms with Crippen LogP contribution in [0.15, 0.2) is 0 Å². The summed E-state index contributed by atoms with van der Waals surface area (Å²) in [5, 5.41) is 16.1. The van der Waals surface area contributed by atoms with Gasteiger partial charge in [-0.2, -0.15) is 5.10 Å². The minimum atomic E-state index is -0.0704. The van der Waals surface area contributed by atoms with Crippen molar-refractivity contribution in [1.29, 1.82) is 0 Å². The number of nitrogens with one attached hydrogen (secondary N) is 1. The SMILES string of the molecule is Cc1nc(C2CCN(CCCO)CCN2C(=O)C(C)C)n[nH]1. The molecule has 1 fully saturated rings. The van der Waals surface area contributed by atoms with Crippen molar-refractivity contribution in [2.24, 2.45) is 5.92 Å². The van der Waals surface area contributed by atoms with Crippen molar-refractivity contribution in [2.45, 2.75) is 39.7 Å². The Kier molecular flexibility index (Phi) is 5.90. The van der Waals surface area contributed by atoms with Crippen molar-refractivity contribution in [2.75, 3.05) is 32.8 Å². The largest absolute Gasteiger partial charge is 0.396 e. The van der Waals surface area contributed by atoms with Gasteiger partial charge in [0.05, 0.1) is 6.04 Å². The van der Waals surface area contributed by atoms with E-state index in [2.05, 4.69) is 20.1 Å². The van der Waals surface area contributed by atoms with Crippen LogP contribution in [0.2, 0.25) is 0 Å². The summed E-state index contributed by atoms with van der Waals surface area (Å²) in [5.74, 6) is 1.59. The number of aromatic amines is 1. The van der Waals surface area contributed by atoms with Crippen LogP contribution in [0.4, 0.5) is 0 Å². The lowest BCUT2D eigenvalue weighted by Gasteiger charge is -2.29. The molecule has 1 unspecified atom stereocenters. The van der Waals surface area contributed by atoms with Crippen molar-refractivity contribution < 1.29 is 9.90 Å². The summed E-state index contributed by atoms with van der Waals surface area (Å²) in [6.45, 7) is 9.19. The number of carbonyl (C=O) groups is 1. The van der Waals surface area contributed by atoms with Gasteiger partial charge in [0, 0.05) is 38.7 Å². The van der Waals surface area contributed by atoms with E-state index in [4.69, 9.17) is 5.11 Å². The molecule has 0 bridgehead atoms. The predicted molar refractivity (Wildman–Crippen MR) is 83.2 cm³/mol. The quantitative estimate of drug-likeness (QED) is 0.837. The lowest BCUT2D eigenvalue weighted by Crippen LogP contribution is -2.39. The first-order chi connectivity index (χ1) is 10.5. The first kappa shape index (κ1) is 16.9. The highest BCUT2D eigenvalue weighted by atomic mass is 16.3. The molecule has 1 aliphatic heterocycles. The first-order valence-corrected chi connectivity index (χ1v) is 8.05. The van der Waals surface area contributed by atoms with E-state index in [1.165, 1.54) is 0 Å². The molecule has 1 aromatic rings. The maximum absolute atomic E-state index is 12.6. The zero-order valence-electron chi connectivity index (χ0n) is 13.7. The molecule has 1 amide bonds. The lowest BCUT2D eigenvalue weighted by molar-refractivity contribution is -0.137. The first-order valence-electron chi connectivity index (χ1n) is 8.05. The number of aliphatic hydroxyl groups is 1. The van der Waals surface area contributed by atoms with E-state index in [-0.39, 0.29) is 24.5 Å². The Bertz CT molecular complexity index is 488. The fraction of sp³-hybridized carbons (Fsp3) is 0.800. The molecule has 1 saturated heterocycles. The maximum atomic E-state index is 12.6. The number of aliphatic hydroxyl groups excluding tert-OH is 1. The minimum absolute atomic E-state index is 0.0356. The van der Waals surface area contributed by atoms with Crippen molar-refractivity contribution in [3.8, 4) is 0 Å². The van der Waals surface area contributed by atoms with Crippen LogP contribution in [0.25, 0.3) is 0 Å². The summed E-state index contributed by atoms with van der Waals surface area (Å²) in [6.07, 6.45) is 1.59. The third-order valence-electron chi connectivity index (χ3n) is 4.07. The van der Waals surface area contributed by atoms with Gasteiger partial charge in [-0.15, -0.1) is 0 Å². The van der Waals surface area contributed by atoms with E-state index < -0.39 is 0 Å². The molecular weight excluding hydrogens is 282 g/mol. The summed E-state index contributed by atoms with van der Waals surface area (Å²) >= 11 is 0. The van der Waals surface area contributed by atoms with Crippen LogP contribution in [0.5, 0.6) is 0 Å². The summed E-state index contributed by atoms with van der Waals surface area (Å²) in [7, 11) is 0. The number of hydrogen-bond donors (Lipinski definition) is 2. The highest BCUT2D eigenvalue weighted by Crippen LogP contribution is 2.26. The zero-order valence-corrected chi connectivity index (χ0v) is 13.7. The number of aryl methyl sites for hydroxylation is 1. The molecule has 2 heterocycles. The fourth-order valence-electron chi connectivity index (χ4n) is 2.87. The minimum Gasteiger partial charge on any atom is -0.396 e. The number of amides is 1. The summed E-state index contributed by atoms with van der Waals surface area (Å²) in [4.78, 5) is 21.2. The van der Waals surface area contributed by atoms with Crippen molar-refractivity contribution in [1.82, 2.24) is 25.0 Å². The standard InChI is InChI=1S/C15H27N5O2/c1-11(2)15(22)20-9-8-19(6-4-10-21)7-5-13(20)14-16-12(3)17-18-14/h11,13,21H,4-10H2,1-3H3,(H,16,17,18). The van der Waals surface area contributed by atoms with E-state index in [0.717, 1.165) is 38.3 Å². The maximum Gasteiger partial charge on any atom is 0.225 e. The van der Waals surface area contributed by atoms with Gasteiger partial charge < -0.3 is 14.9 Å². The monoisotopic (exact) mass is 309 g/mol. The normalized spacial score (nSPS) is 20.4. The van der Waals surface area contributed by atoms with Crippen LogP contribution in [0.3, 0.4) is 0 Å². The molecule has 7 nitrogen and oxygen atoms in total. The van der Waals surface area contributed by atoms with Gasteiger partial charge in [-0.3, -0.25) is 9.89 Å². The Balaban J connectivity index is 2.16. The van der Waals surface area contributed by atoms with Crippen LogP contribution in [-0.4, -0.2) is 68.8 Å². The summed E-state index contributed by atoms with van der Waals surface area (Å²) in [5.41, 5.74) is 0. The lowest BCUT2D eigenvalue weighted by atomic mass is 10.1. The molecule has 124 valence electrons. The van der Waals surface area contributed by atoms with E-state index in [1.54, 1.807) is 0 Å². The second kappa shape index (κ2) is 7.69. The second-order valence-electron chi connectivity index (χ2n) is 6.19. The highest BCUT2D eigenvalue weighted by molar-refractivity contribution is 5.78. The number of hydrogen-bond acceptors (Lipinski definition) is 5. The third-order valence-corrected chi connectivity index (χ3v) is 4.07. The molecule has 0 saturated carbocycles. The average Bonchev–Trinajstić information content (AvgIpc) is 2.81. The number of nitrogens with zero attached hydrogens (tertiary/aromatic N) is 4. The molecular formula is C15H27N5O2. The van der Waals surface area contributed by atoms with Crippen molar-refractivity contribution >= 4 is 5.91 Å². The van der Waals surface area contributed by atoms with Gasteiger partial charge in [0.15, 0.2) is 5.82 Å². The summed E-state index contributed by atoms with van der Waals surface area (Å²) < 4.78 is 0. The number of carbonyl (C=O) groups excluding carboxylic acids is 1. The van der Waals surface area contributed by atoms with Crippen LogP contribution in [-0.2, 0) is 4.79 Å². The molecule has 0 aromatic carbocycles. The van der Waals surface area contributed by atoms with Crippen LogP contribution in [0, 0.1) is 12.8 Å². The Morgan fingerprint density at radius 2 is 2.18 bits per heavy atom. The van der Waals surface area contributed by atoms with Gasteiger partial charge in [0.1, 0.15) is 5.82 Å². The van der Waals surface area contributed by atoms with Gasteiger partial charge in [0.25, 0.3) is 0 Å². The van der Waals surface area contributed by atoms with E-state index in [0.29, 0.717) is 12.4 Å². The Morgan fingerprint density at radius 3 is 2.77 bits per heavy atom. The number of rotatable bonds is 5. The van der Waals surface area contributed by atoms with Crippen LogP contribution in [0.1, 0.15) is 44.4 Å². The number of aromatic nitrogens is 3. The zero-order chi connectivity index (χ0) is 16.1.